The molecule has 8 heteroatoms. The number of nitrogens with one attached hydrogen (secondary N) is 2. The molecule has 1 amide bonds. The second-order valence-electron chi connectivity index (χ2n) is 6.27. The average molecular weight is 343 g/mol. The summed E-state index contributed by atoms with van der Waals surface area (Å²) < 4.78 is 19.7. The van der Waals surface area contributed by atoms with E-state index in [4.69, 9.17) is 4.74 Å². The number of hydrogen-bond acceptors (Lipinski definition) is 4. The van der Waals surface area contributed by atoms with E-state index in [9.17, 15) is 9.18 Å². The Bertz CT molecular complexity index is 928. The van der Waals surface area contributed by atoms with E-state index in [0.717, 1.165) is 29.4 Å². The highest BCUT2D eigenvalue weighted by Gasteiger charge is 2.29. The number of fused-ring (bicyclic) bond motifs is 1. The Labute approximate surface area is 143 Å². The van der Waals surface area contributed by atoms with Crippen molar-refractivity contribution in [1.29, 1.82) is 0 Å². The quantitative estimate of drug-likeness (QED) is 0.717. The lowest BCUT2D eigenvalue weighted by molar-refractivity contribution is -0.122. The van der Waals surface area contributed by atoms with E-state index in [-0.39, 0.29) is 24.2 Å². The zero-order chi connectivity index (χ0) is 17.4. The zero-order valence-corrected chi connectivity index (χ0v) is 13.8. The van der Waals surface area contributed by atoms with Crippen LogP contribution in [0.15, 0.2) is 24.4 Å². The Morgan fingerprint density at radius 2 is 2.28 bits per heavy atom. The fourth-order valence-corrected chi connectivity index (χ4v) is 2.68. The van der Waals surface area contributed by atoms with Crippen LogP contribution >= 0.6 is 0 Å². The van der Waals surface area contributed by atoms with E-state index in [2.05, 4.69) is 20.5 Å². The second kappa shape index (κ2) is 6.19. The van der Waals surface area contributed by atoms with Crippen molar-refractivity contribution in [3.05, 3.63) is 41.6 Å². The van der Waals surface area contributed by atoms with Gasteiger partial charge in [-0.05, 0) is 25.0 Å². The molecule has 0 spiro atoms. The number of benzene rings is 1. The van der Waals surface area contributed by atoms with Gasteiger partial charge in [-0.25, -0.2) is 4.39 Å². The van der Waals surface area contributed by atoms with Crippen LogP contribution in [0.3, 0.4) is 0 Å². The predicted molar refractivity (Wildman–Crippen MR) is 88.2 cm³/mol. The van der Waals surface area contributed by atoms with Gasteiger partial charge >= 0.3 is 0 Å². The van der Waals surface area contributed by atoms with Gasteiger partial charge in [-0.3, -0.25) is 4.79 Å². The summed E-state index contributed by atoms with van der Waals surface area (Å²) >= 11 is 0. The van der Waals surface area contributed by atoms with E-state index < -0.39 is 5.82 Å². The first-order valence-electron chi connectivity index (χ1n) is 8.15. The Morgan fingerprint density at radius 3 is 3.00 bits per heavy atom. The van der Waals surface area contributed by atoms with Crippen molar-refractivity contribution in [3.63, 3.8) is 0 Å². The molecule has 0 bridgehead atoms. The highest BCUT2D eigenvalue weighted by Crippen LogP contribution is 2.29. The fraction of sp³-hybridized carbons (Fsp3) is 0.353. The normalized spacial score (nSPS) is 14.0. The van der Waals surface area contributed by atoms with Crippen LogP contribution in [0.1, 0.15) is 24.2 Å². The van der Waals surface area contributed by atoms with E-state index in [1.165, 1.54) is 10.9 Å². The number of aryl methyl sites for hydroxylation is 1. The highest BCUT2D eigenvalue weighted by atomic mass is 19.1. The van der Waals surface area contributed by atoms with Gasteiger partial charge < -0.3 is 15.0 Å². The molecular formula is C17H18FN5O2. The molecule has 7 nitrogen and oxygen atoms in total. The number of aromatic nitrogens is 4. The SMILES string of the molecule is Cn1ncc(COc2cc3[nH]c(CNC(=O)C4CC4)cc3cc2F)n1. The van der Waals surface area contributed by atoms with Crippen LogP contribution in [0.25, 0.3) is 10.9 Å². The van der Waals surface area contributed by atoms with Crippen molar-refractivity contribution in [2.24, 2.45) is 13.0 Å². The van der Waals surface area contributed by atoms with Gasteiger partial charge in [0, 0.05) is 35.6 Å². The fourth-order valence-electron chi connectivity index (χ4n) is 2.68. The van der Waals surface area contributed by atoms with Crippen LogP contribution in [0.5, 0.6) is 5.75 Å². The number of rotatable bonds is 6. The highest BCUT2D eigenvalue weighted by molar-refractivity contribution is 5.83. The molecule has 0 unspecified atom stereocenters. The summed E-state index contributed by atoms with van der Waals surface area (Å²) in [5.74, 6) is -0.0433. The number of carbonyl (C=O) groups excluding carboxylic acids is 1. The summed E-state index contributed by atoms with van der Waals surface area (Å²) in [6.45, 7) is 0.544. The van der Waals surface area contributed by atoms with Gasteiger partial charge in [0.15, 0.2) is 11.6 Å². The van der Waals surface area contributed by atoms with Gasteiger partial charge in [0.2, 0.25) is 5.91 Å². The van der Waals surface area contributed by atoms with Gasteiger partial charge in [0.05, 0.1) is 12.7 Å². The molecule has 1 fully saturated rings. The molecule has 0 radical (unpaired) electrons. The zero-order valence-electron chi connectivity index (χ0n) is 13.8. The number of halogens is 1. The molecule has 4 rings (SSSR count). The molecule has 0 saturated heterocycles. The summed E-state index contributed by atoms with van der Waals surface area (Å²) in [5.41, 5.74) is 2.21. The van der Waals surface area contributed by atoms with Crippen molar-refractivity contribution in [2.75, 3.05) is 0 Å². The van der Waals surface area contributed by atoms with Crippen molar-refractivity contribution >= 4 is 16.8 Å². The van der Waals surface area contributed by atoms with Crippen molar-refractivity contribution < 1.29 is 13.9 Å². The van der Waals surface area contributed by atoms with Crippen LogP contribution in [-0.2, 0) is 25.0 Å². The Balaban J connectivity index is 1.46. The molecule has 2 aromatic heterocycles. The topological polar surface area (TPSA) is 84.8 Å². The molecule has 3 aromatic rings. The van der Waals surface area contributed by atoms with Gasteiger partial charge in [-0.2, -0.15) is 15.0 Å². The lowest BCUT2D eigenvalue weighted by Crippen LogP contribution is -2.24. The molecule has 2 heterocycles. The first-order chi connectivity index (χ1) is 12.1. The Hall–Kier alpha value is -2.90. The predicted octanol–water partition coefficient (Wildman–Crippen LogP) is 2.04. The Kier molecular flexibility index (Phi) is 3.87. The molecule has 0 atom stereocenters. The molecule has 2 N–H and O–H groups in total. The minimum absolute atomic E-state index is 0.0813. The largest absolute Gasteiger partial charge is 0.484 e. The summed E-state index contributed by atoms with van der Waals surface area (Å²) in [5, 5.41) is 11.7. The van der Waals surface area contributed by atoms with Gasteiger partial charge in [-0.1, -0.05) is 0 Å². The molecule has 1 aromatic carbocycles. The third-order valence-electron chi connectivity index (χ3n) is 4.15. The monoisotopic (exact) mass is 343 g/mol. The minimum atomic E-state index is -0.441. The summed E-state index contributed by atoms with van der Waals surface area (Å²) in [6, 6.07) is 4.87. The van der Waals surface area contributed by atoms with Crippen molar-refractivity contribution in [2.45, 2.75) is 26.0 Å². The molecule has 25 heavy (non-hydrogen) atoms. The number of carbonyl (C=O) groups is 1. The maximum atomic E-state index is 14.2. The van der Waals surface area contributed by atoms with E-state index in [1.807, 2.05) is 6.07 Å². The maximum Gasteiger partial charge on any atom is 0.223 e. The average Bonchev–Trinajstić information content (AvgIpc) is 3.25. The van der Waals surface area contributed by atoms with Crippen LogP contribution in [0, 0.1) is 11.7 Å². The minimum Gasteiger partial charge on any atom is -0.484 e. The standard InChI is InChI=1S/C17H18FN5O2/c1-23-20-8-13(22-23)9-25-16-6-15-11(5-14(16)18)4-12(21-15)7-19-17(24)10-2-3-10/h4-6,8,10,21H,2-3,7,9H2,1H3,(H,19,24). The molecule has 1 aliphatic carbocycles. The lowest BCUT2D eigenvalue weighted by atomic mass is 10.2. The molecule has 0 aliphatic heterocycles. The molecule has 1 aliphatic rings. The number of nitrogens with zero attached hydrogens (tertiary/aromatic N) is 3. The molecular weight excluding hydrogens is 325 g/mol. The Morgan fingerprint density at radius 1 is 1.44 bits per heavy atom. The van der Waals surface area contributed by atoms with Crippen molar-refractivity contribution in [1.82, 2.24) is 25.3 Å². The van der Waals surface area contributed by atoms with Gasteiger partial charge in [0.25, 0.3) is 0 Å². The smallest absolute Gasteiger partial charge is 0.223 e. The maximum absolute atomic E-state index is 14.2. The summed E-state index contributed by atoms with van der Waals surface area (Å²) in [4.78, 5) is 16.3. The first-order valence-corrected chi connectivity index (χ1v) is 8.15. The molecule has 130 valence electrons. The first kappa shape index (κ1) is 15.6. The number of hydrogen-bond donors (Lipinski definition) is 2. The van der Waals surface area contributed by atoms with Gasteiger partial charge in [-0.15, -0.1) is 0 Å². The van der Waals surface area contributed by atoms with Crippen LogP contribution < -0.4 is 10.1 Å². The van der Waals surface area contributed by atoms with Gasteiger partial charge in [0.1, 0.15) is 12.3 Å². The summed E-state index contributed by atoms with van der Waals surface area (Å²) in [7, 11) is 1.71. The summed E-state index contributed by atoms with van der Waals surface area (Å²) in [6.07, 6.45) is 3.51. The van der Waals surface area contributed by atoms with Crippen molar-refractivity contribution in [3.8, 4) is 5.75 Å². The van der Waals surface area contributed by atoms with Crippen LogP contribution in [0.2, 0.25) is 0 Å². The second-order valence-corrected chi connectivity index (χ2v) is 6.27. The van der Waals surface area contributed by atoms with E-state index in [0.29, 0.717) is 12.2 Å². The third kappa shape index (κ3) is 3.47. The van der Waals surface area contributed by atoms with E-state index >= 15 is 0 Å². The molecule has 1 saturated carbocycles. The lowest BCUT2D eigenvalue weighted by Gasteiger charge is -2.05. The van der Waals surface area contributed by atoms with Crippen LogP contribution in [0.4, 0.5) is 4.39 Å². The number of H-pyrrole nitrogens is 1. The number of aromatic amines is 1. The van der Waals surface area contributed by atoms with E-state index in [1.54, 1.807) is 19.3 Å². The number of ether oxygens (including phenoxy) is 1. The number of amides is 1. The third-order valence-corrected chi connectivity index (χ3v) is 4.15. The van der Waals surface area contributed by atoms with Crippen LogP contribution in [-0.4, -0.2) is 25.9 Å².